The van der Waals surface area contributed by atoms with Gasteiger partial charge in [0.15, 0.2) is 0 Å². The highest BCUT2D eigenvalue weighted by molar-refractivity contribution is 14.1. The predicted molar refractivity (Wildman–Crippen MR) is 74.5 cm³/mol. The van der Waals surface area contributed by atoms with E-state index in [9.17, 15) is 0 Å². The molecular weight excluding hydrogens is 414 g/mol. The van der Waals surface area contributed by atoms with E-state index in [1.807, 2.05) is 0 Å². The summed E-state index contributed by atoms with van der Waals surface area (Å²) in [6.45, 7) is 0. The second-order valence-electron chi connectivity index (χ2n) is 2.36. The molecule has 0 atom stereocenters. The first-order chi connectivity index (χ1) is 5.70. The highest BCUT2D eigenvalue weighted by Crippen LogP contribution is 2.34. The van der Waals surface area contributed by atoms with Crippen molar-refractivity contribution in [2.45, 2.75) is 4.90 Å². The van der Waals surface area contributed by atoms with Gasteiger partial charge in [0.25, 0.3) is 0 Å². The standard InChI is InChI=1S/C8H4I2S2/c9-4-1-2-6-7(8(4)10)5(11)3-12-6/h1-3,11H. The summed E-state index contributed by atoms with van der Waals surface area (Å²) < 4.78 is 3.94. The Bertz CT molecular complexity index is 434. The van der Waals surface area contributed by atoms with Gasteiger partial charge in [0.1, 0.15) is 0 Å². The number of hydrogen-bond donors (Lipinski definition) is 1. The van der Waals surface area contributed by atoms with Gasteiger partial charge in [-0.15, -0.1) is 24.0 Å². The smallest absolute Gasteiger partial charge is 0.0365 e. The first-order valence-electron chi connectivity index (χ1n) is 3.24. The van der Waals surface area contributed by atoms with E-state index in [2.05, 4.69) is 75.3 Å². The van der Waals surface area contributed by atoms with E-state index in [0.29, 0.717) is 0 Å². The molecule has 0 saturated heterocycles. The molecule has 0 spiro atoms. The summed E-state index contributed by atoms with van der Waals surface area (Å²) in [5, 5.41) is 3.39. The summed E-state index contributed by atoms with van der Waals surface area (Å²) >= 11 is 10.9. The van der Waals surface area contributed by atoms with E-state index in [1.165, 1.54) is 17.2 Å². The zero-order valence-corrected chi connectivity index (χ0v) is 11.9. The number of fused-ring (bicyclic) bond motifs is 1. The van der Waals surface area contributed by atoms with Crippen LogP contribution >= 0.6 is 69.1 Å². The molecule has 0 aliphatic carbocycles. The molecule has 0 nitrogen and oxygen atoms in total. The second-order valence-corrected chi connectivity index (χ2v) is 5.99. The van der Waals surface area contributed by atoms with Gasteiger partial charge in [0, 0.05) is 27.5 Å². The third-order valence-electron chi connectivity index (χ3n) is 1.61. The maximum absolute atomic E-state index is 4.42. The summed E-state index contributed by atoms with van der Waals surface area (Å²) in [4.78, 5) is 1.10. The van der Waals surface area contributed by atoms with Crippen LogP contribution in [0.3, 0.4) is 0 Å². The van der Waals surface area contributed by atoms with Crippen LogP contribution in [0.2, 0.25) is 0 Å². The van der Waals surface area contributed by atoms with Crippen LogP contribution in [0.15, 0.2) is 22.4 Å². The molecule has 0 radical (unpaired) electrons. The Labute approximate surface area is 107 Å². The number of rotatable bonds is 0. The Morgan fingerprint density at radius 1 is 1.25 bits per heavy atom. The fourth-order valence-electron chi connectivity index (χ4n) is 1.05. The van der Waals surface area contributed by atoms with Crippen LogP contribution in [-0.4, -0.2) is 0 Å². The molecule has 0 N–H and O–H groups in total. The van der Waals surface area contributed by atoms with Gasteiger partial charge in [0.2, 0.25) is 0 Å². The summed E-state index contributed by atoms with van der Waals surface area (Å²) in [5.41, 5.74) is 0. The molecule has 0 amide bonds. The van der Waals surface area contributed by atoms with E-state index in [4.69, 9.17) is 0 Å². The molecule has 2 rings (SSSR count). The Morgan fingerprint density at radius 3 is 2.75 bits per heavy atom. The van der Waals surface area contributed by atoms with Crippen LogP contribution in [0, 0.1) is 7.14 Å². The Morgan fingerprint density at radius 2 is 2.00 bits per heavy atom. The van der Waals surface area contributed by atoms with Gasteiger partial charge in [0.05, 0.1) is 0 Å². The monoisotopic (exact) mass is 418 g/mol. The molecule has 0 aliphatic heterocycles. The van der Waals surface area contributed by atoms with Gasteiger partial charge >= 0.3 is 0 Å². The normalized spacial score (nSPS) is 10.9. The largest absolute Gasteiger partial charge is 0.143 e. The summed E-state index contributed by atoms with van der Waals surface area (Å²) in [6, 6.07) is 4.30. The van der Waals surface area contributed by atoms with Gasteiger partial charge in [-0.1, -0.05) is 0 Å². The minimum Gasteiger partial charge on any atom is -0.143 e. The zero-order chi connectivity index (χ0) is 8.72. The molecule has 4 heteroatoms. The fourth-order valence-corrected chi connectivity index (χ4v) is 3.95. The van der Waals surface area contributed by atoms with Crippen molar-refractivity contribution in [1.29, 1.82) is 0 Å². The van der Waals surface area contributed by atoms with E-state index < -0.39 is 0 Å². The van der Waals surface area contributed by atoms with E-state index in [1.54, 1.807) is 11.3 Å². The van der Waals surface area contributed by atoms with Gasteiger partial charge in [-0.25, -0.2) is 0 Å². The predicted octanol–water partition coefficient (Wildman–Crippen LogP) is 4.40. The molecule has 0 aliphatic rings. The molecule has 12 heavy (non-hydrogen) atoms. The van der Waals surface area contributed by atoms with Crippen LogP contribution < -0.4 is 0 Å². The molecular formula is C8H4I2S2. The fraction of sp³-hybridized carbons (Fsp3) is 0. The molecule has 0 unspecified atom stereocenters. The summed E-state index contributed by atoms with van der Waals surface area (Å²) in [6.07, 6.45) is 0. The van der Waals surface area contributed by atoms with Crippen molar-refractivity contribution < 1.29 is 0 Å². The Kier molecular flexibility index (Phi) is 2.88. The van der Waals surface area contributed by atoms with Gasteiger partial charge in [-0.2, -0.15) is 0 Å². The van der Waals surface area contributed by atoms with Crippen molar-refractivity contribution in [2.75, 3.05) is 0 Å². The van der Waals surface area contributed by atoms with Crippen molar-refractivity contribution in [3.05, 3.63) is 24.7 Å². The first-order valence-corrected chi connectivity index (χ1v) is 6.73. The van der Waals surface area contributed by atoms with Crippen molar-refractivity contribution in [3.63, 3.8) is 0 Å². The quantitative estimate of drug-likeness (QED) is 0.476. The van der Waals surface area contributed by atoms with Crippen LogP contribution in [0.5, 0.6) is 0 Å². The van der Waals surface area contributed by atoms with Crippen LogP contribution in [-0.2, 0) is 0 Å². The number of thiophene rings is 1. The summed E-state index contributed by atoms with van der Waals surface area (Å²) in [5.74, 6) is 0. The molecule has 1 heterocycles. The number of benzene rings is 1. The molecule has 0 fully saturated rings. The third-order valence-corrected chi connectivity index (χ3v) is 6.14. The van der Waals surface area contributed by atoms with Crippen molar-refractivity contribution in [1.82, 2.24) is 0 Å². The minimum atomic E-state index is 1.10. The lowest BCUT2D eigenvalue weighted by atomic mass is 10.3. The Balaban J connectivity index is 2.96. The van der Waals surface area contributed by atoms with Crippen LogP contribution in [0.25, 0.3) is 10.1 Å². The maximum atomic E-state index is 4.42. The van der Waals surface area contributed by atoms with Crippen molar-refractivity contribution in [2.24, 2.45) is 0 Å². The maximum Gasteiger partial charge on any atom is 0.0365 e. The molecule has 0 bridgehead atoms. The lowest BCUT2D eigenvalue weighted by Gasteiger charge is -1.98. The van der Waals surface area contributed by atoms with Crippen LogP contribution in [0.4, 0.5) is 0 Å². The number of halogens is 2. The van der Waals surface area contributed by atoms with Crippen molar-refractivity contribution in [3.8, 4) is 0 Å². The molecule has 1 aromatic carbocycles. The van der Waals surface area contributed by atoms with E-state index in [-0.39, 0.29) is 0 Å². The lowest BCUT2D eigenvalue weighted by molar-refractivity contribution is 1.60. The highest BCUT2D eigenvalue weighted by Gasteiger charge is 2.06. The van der Waals surface area contributed by atoms with Crippen molar-refractivity contribution >= 4 is 79.2 Å². The molecule has 2 aromatic rings. The first kappa shape index (κ1) is 9.54. The Hall–Kier alpha value is 0.990. The van der Waals surface area contributed by atoms with E-state index >= 15 is 0 Å². The van der Waals surface area contributed by atoms with E-state index in [0.717, 1.165) is 4.90 Å². The average Bonchev–Trinajstić information content (AvgIpc) is 2.41. The number of thiol groups is 1. The molecule has 0 saturated carbocycles. The second kappa shape index (κ2) is 3.62. The van der Waals surface area contributed by atoms with Gasteiger partial charge < -0.3 is 0 Å². The third kappa shape index (κ3) is 1.51. The minimum absolute atomic E-state index is 1.10. The molecule has 1 aromatic heterocycles. The van der Waals surface area contributed by atoms with Gasteiger partial charge in [-0.05, 0) is 57.3 Å². The molecule has 62 valence electrons. The summed E-state index contributed by atoms with van der Waals surface area (Å²) in [7, 11) is 0. The van der Waals surface area contributed by atoms with Gasteiger partial charge in [-0.3, -0.25) is 0 Å². The highest BCUT2D eigenvalue weighted by atomic mass is 127. The topological polar surface area (TPSA) is 0 Å². The SMILES string of the molecule is Sc1csc2ccc(I)c(I)c12. The zero-order valence-electron chi connectivity index (χ0n) is 5.84. The van der Waals surface area contributed by atoms with Crippen LogP contribution in [0.1, 0.15) is 0 Å². The average molecular weight is 418 g/mol. The lowest BCUT2D eigenvalue weighted by Crippen LogP contribution is -1.78. The number of hydrogen-bond acceptors (Lipinski definition) is 2.